The van der Waals surface area contributed by atoms with Crippen molar-refractivity contribution in [3.05, 3.63) is 21.9 Å². The summed E-state index contributed by atoms with van der Waals surface area (Å²) < 4.78 is 36.5. The van der Waals surface area contributed by atoms with Gasteiger partial charge in [-0.1, -0.05) is 0 Å². The number of aryl methyl sites for hydroxylation is 1. The molecule has 1 aromatic heterocycles. The Bertz CT molecular complexity index is 262. The molecule has 0 saturated carbocycles. The topological polar surface area (TPSA) is 0 Å². The van der Waals surface area contributed by atoms with E-state index in [1.165, 1.54) is 24.3 Å². The highest BCUT2D eigenvalue weighted by atomic mass is 32.1. The van der Waals surface area contributed by atoms with E-state index in [0.29, 0.717) is 4.88 Å². The first-order valence-corrected chi connectivity index (χ1v) is 4.36. The summed E-state index contributed by atoms with van der Waals surface area (Å²) in [6.45, 7) is 2.99. The molecular formula is C8H9F3S. The van der Waals surface area contributed by atoms with Gasteiger partial charge in [-0.2, -0.15) is 13.2 Å². The van der Waals surface area contributed by atoms with Crippen LogP contribution in [-0.4, -0.2) is 6.18 Å². The maximum absolute atomic E-state index is 12.2. The lowest BCUT2D eigenvalue weighted by Crippen LogP contribution is -2.16. The SMILES string of the molecule is Cc1ccc(C(C)C(F)(F)F)s1. The molecule has 1 aromatic rings. The van der Waals surface area contributed by atoms with Gasteiger partial charge in [-0.25, -0.2) is 0 Å². The molecule has 1 heterocycles. The minimum absolute atomic E-state index is 0.389. The Balaban J connectivity index is 2.85. The molecule has 0 aliphatic rings. The smallest absolute Gasteiger partial charge is 0.170 e. The van der Waals surface area contributed by atoms with Crippen molar-refractivity contribution in [1.29, 1.82) is 0 Å². The summed E-state index contributed by atoms with van der Waals surface area (Å²) in [6.07, 6.45) is -4.11. The lowest BCUT2D eigenvalue weighted by Gasteiger charge is -2.12. The van der Waals surface area contributed by atoms with Crippen LogP contribution in [-0.2, 0) is 0 Å². The molecule has 0 aliphatic carbocycles. The molecule has 0 fully saturated rings. The molecule has 1 atom stereocenters. The van der Waals surface area contributed by atoms with Crippen molar-refractivity contribution in [2.75, 3.05) is 0 Å². The second-order valence-corrected chi connectivity index (χ2v) is 4.03. The zero-order valence-corrected chi connectivity index (χ0v) is 7.59. The fourth-order valence-electron chi connectivity index (χ4n) is 0.847. The summed E-state index contributed by atoms with van der Waals surface area (Å²) in [5.41, 5.74) is 0. The second-order valence-electron chi connectivity index (χ2n) is 2.71. The third-order valence-corrected chi connectivity index (χ3v) is 2.86. The Morgan fingerprint density at radius 3 is 2.25 bits per heavy atom. The molecule has 0 amide bonds. The number of rotatable bonds is 1. The molecule has 68 valence electrons. The maximum Gasteiger partial charge on any atom is 0.396 e. The first-order chi connectivity index (χ1) is 5.41. The first kappa shape index (κ1) is 9.58. The van der Waals surface area contributed by atoms with E-state index in [1.54, 1.807) is 13.0 Å². The number of halogens is 3. The molecule has 0 aromatic carbocycles. The van der Waals surface area contributed by atoms with Gasteiger partial charge < -0.3 is 0 Å². The molecule has 0 saturated heterocycles. The molecule has 0 bridgehead atoms. The van der Waals surface area contributed by atoms with E-state index in [1.807, 2.05) is 0 Å². The van der Waals surface area contributed by atoms with E-state index in [4.69, 9.17) is 0 Å². The molecule has 12 heavy (non-hydrogen) atoms. The second kappa shape index (κ2) is 3.09. The highest BCUT2D eigenvalue weighted by Crippen LogP contribution is 2.37. The van der Waals surface area contributed by atoms with E-state index in [9.17, 15) is 13.2 Å². The van der Waals surface area contributed by atoms with Gasteiger partial charge in [0, 0.05) is 9.75 Å². The quantitative estimate of drug-likeness (QED) is 0.639. The maximum atomic E-state index is 12.2. The van der Waals surface area contributed by atoms with Crippen LogP contribution in [0.25, 0.3) is 0 Å². The Kier molecular flexibility index (Phi) is 2.46. The summed E-state index contributed by atoms with van der Waals surface area (Å²) in [7, 11) is 0. The molecule has 1 unspecified atom stereocenters. The summed E-state index contributed by atoms with van der Waals surface area (Å²) >= 11 is 1.20. The molecule has 0 radical (unpaired) electrons. The zero-order chi connectivity index (χ0) is 9.35. The fourth-order valence-corrected chi connectivity index (χ4v) is 1.80. The van der Waals surface area contributed by atoms with E-state index in [2.05, 4.69) is 0 Å². The highest BCUT2D eigenvalue weighted by Gasteiger charge is 2.37. The standard InChI is InChI=1S/C8H9F3S/c1-5-3-4-7(12-5)6(2)8(9,10)11/h3-4,6H,1-2H3. The van der Waals surface area contributed by atoms with Crippen molar-refractivity contribution >= 4 is 11.3 Å². The van der Waals surface area contributed by atoms with E-state index >= 15 is 0 Å². The van der Waals surface area contributed by atoms with Crippen LogP contribution < -0.4 is 0 Å². The van der Waals surface area contributed by atoms with Crippen molar-refractivity contribution in [3.63, 3.8) is 0 Å². The molecule has 1 rings (SSSR count). The van der Waals surface area contributed by atoms with Gasteiger partial charge in [-0.15, -0.1) is 11.3 Å². The van der Waals surface area contributed by atoms with E-state index in [-0.39, 0.29) is 0 Å². The number of hydrogen-bond donors (Lipinski definition) is 0. The van der Waals surface area contributed by atoms with Crippen LogP contribution in [0, 0.1) is 6.92 Å². The Morgan fingerprint density at radius 1 is 1.33 bits per heavy atom. The molecule has 0 N–H and O–H groups in total. The normalized spacial score (nSPS) is 14.8. The molecular weight excluding hydrogens is 185 g/mol. The molecule has 0 spiro atoms. The van der Waals surface area contributed by atoms with Crippen LogP contribution in [0.4, 0.5) is 13.2 Å². The van der Waals surface area contributed by atoms with Crippen molar-refractivity contribution in [2.24, 2.45) is 0 Å². The largest absolute Gasteiger partial charge is 0.396 e. The number of thiophene rings is 1. The monoisotopic (exact) mass is 194 g/mol. The van der Waals surface area contributed by atoms with E-state index in [0.717, 1.165) is 4.88 Å². The van der Waals surface area contributed by atoms with Crippen LogP contribution in [0.3, 0.4) is 0 Å². The van der Waals surface area contributed by atoms with Crippen molar-refractivity contribution in [1.82, 2.24) is 0 Å². The van der Waals surface area contributed by atoms with Crippen molar-refractivity contribution in [2.45, 2.75) is 25.9 Å². The predicted molar refractivity (Wildman–Crippen MR) is 43.5 cm³/mol. The summed E-state index contributed by atoms with van der Waals surface area (Å²) in [5.74, 6) is -1.34. The highest BCUT2D eigenvalue weighted by molar-refractivity contribution is 7.12. The third-order valence-electron chi connectivity index (χ3n) is 1.68. The molecule has 0 aliphatic heterocycles. The van der Waals surface area contributed by atoms with Crippen LogP contribution >= 0.6 is 11.3 Å². The Hall–Kier alpha value is -0.510. The molecule has 0 nitrogen and oxygen atoms in total. The van der Waals surface area contributed by atoms with Crippen LogP contribution in [0.15, 0.2) is 12.1 Å². The minimum atomic E-state index is -4.11. The summed E-state index contributed by atoms with van der Waals surface area (Å²) in [6, 6.07) is 3.25. The average molecular weight is 194 g/mol. The van der Waals surface area contributed by atoms with Gasteiger partial charge in [0.25, 0.3) is 0 Å². The average Bonchev–Trinajstić information content (AvgIpc) is 2.32. The lowest BCUT2D eigenvalue weighted by molar-refractivity contribution is -0.145. The van der Waals surface area contributed by atoms with E-state index < -0.39 is 12.1 Å². The van der Waals surface area contributed by atoms with Gasteiger partial charge in [0.05, 0.1) is 5.92 Å². The van der Waals surface area contributed by atoms with Gasteiger partial charge in [0.1, 0.15) is 0 Å². The lowest BCUT2D eigenvalue weighted by atomic mass is 10.1. The first-order valence-electron chi connectivity index (χ1n) is 3.54. The van der Waals surface area contributed by atoms with Gasteiger partial charge >= 0.3 is 6.18 Å². The number of hydrogen-bond acceptors (Lipinski definition) is 1. The zero-order valence-electron chi connectivity index (χ0n) is 6.77. The van der Waals surface area contributed by atoms with Gasteiger partial charge in [-0.3, -0.25) is 0 Å². The van der Waals surface area contributed by atoms with Gasteiger partial charge in [0.15, 0.2) is 0 Å². The Labute approximate surface area is 73.0 Å². The summed E-state index contributed by atoms with van der Waals surface area (Å²) in [4.78, 5) is 1.31. The van der Waals surface area contributed by atoms with Gasteiger partial charge in [-0.05, 0) is 26.0 Å². The van der Waals surface area contributed by atoms with Crippen molar-refractivity contribution in [3.8, 4) is 0 Å². The number of alkyl halides is 3. The fraction of sp³-hybridized carbons (Fsp3) is 0.500. The van der Waals surface area contributed by atoms with Crippen LogP contribution in [0.2, 0.25) is 0 Å². The minimum Gasteiger partial charge on any atom is -0.170 e. The predicted octanol–water partition coefficient (Wildman–Crippen LogP) is 3.72. The molecule has 4 heteroatoms. The summed E-state index contributed by atoms with van der Waals surface area (Å²) in [5, 5.41) is 0. The third kappa shape index (κ3) is 2.00. The van der Waals surface area contributed by atoms with Crippen molar-refractivity contribution < 1.29 is 13.2 Å². The van der Waals surface area contributed by atoms with Crippen LogP contribution in [0.5, 0.6) is 0 Å². The van der Waals surface area contributed by atoms with Crippen LogP contribution in [0.1, 0.15) is 22.6 Å². The Morgan fingerprint density at radius 2 is 1.92 bits per heavy atom. The van der Waals surface area contributed by atoms with Gasteiger partial charge in [0.2, 0.25) is 0 Å².